The highest BCUT2D eigenvalue weighted by Gasteiger charge is 2.31. The number of benzene rings is 1. The molecular formula is C16H13F3O4. The predicted octanol–water partition coefficient (Wildman–Crippen LogP) is 3.74. The highest BCUT2D eigenvalue weighted by atomic mass is 19.4. The van der Waals surface area contributed by atoms with Crippen LogP contribution >= 0.6 is 0 Å². The van der Waals surface area contributed by atoms with E-state index in [1.807, 2.05) is 0 Å². The number of halogens is 3. The Morgan fingerprint density at radius 2 is 1.57 bits per heavy atom. The van der Waals surface area contributed by atoms with Crippen LogP contribution in [-0.2, 0) is 17.6 Å². The molecule has 0 aliphatic carbocycles. The van der Waals surface area contributed by atoms with Crippen LogP contribution < -0.4 is 4.74 Å². The van der Waals surface area contributed by atoms with Gasteiger partial charge in [-0.15, -0.1) is 13.2 Å². The fourth-order valence-corrected chi connectivity index (χ4v) is 1.96. The summed E-state index contributed by atoms with van der Waals surface area (Å²) in [6.07, 6.45) is -4.66. The van der Waals surface area contributed by atoms with Gasteiger partial charge < -0.3 is 9.15 Å². The summed E-state index contributed by atoms with van der Waals surface area (Å²) < 4.78 is 45.3. The standard InChI is InChI=1S/C16H13F3O4/c1-10(20)8-13-6-7-14(22-13)9-15(21)11-2-4-12(5-3-11)23-16(17,18)19/h2-7H,8-9H2,1H3. The number of alkyl halides is 3. The Morgan fingerprint density at radius 1 is 1.00 bits per heavy atom. The second-order valence-corrected chi connectivity index (χ2v) is 4.92. The van der Waals surface area contributed by atoms with Gasteiger partial charge in [0.05, 0.1) is 12.8 Å². The smallest absolute Gasteiger partial charge is 0.465 e. The zero-order valence-electron chi connectivity index (χ0n) is 12.1. The summed E-state index contributed by atoms with van der Waals surface area (Å²) in [6.45, 7) is 1.43. The minimum absolute atomic E-state index is 0.0443. The van der Waals surface area contributed by atoms with Crippen molar-refractivity contribution < 1.29 is 31.9 Å². The first kappa shape index (κ1) is 16.8. The fourth-order valence-electron chi connectivity index (χ4n) is 1.96. The van der Waals surface area contributed by atoms with Gasteiger partial charge in [0.2, 0.25) is 0 Å². The average Bonchev–Trinajstić information content (AvgIpc) is 2.84. The van der Waals surface area contributed by atoms with E-state index in [0.29, 0.717) is 11.5 Å². The normalized spacial score (nSPS) is 11.3. The van der Waals surface area contributed by atoms with E-state index in [9.17, 15) is 22.8 Å². The number of Topliss-reactive ketones (excluding diaryl/α,β-unsaturated/α-hetero) is 2. The van der Waals surface area contributed by atoms with Crippen molar-refractivity contribution in [2.45, 2.75) is 26.1 Å². The van der Waals surface area contributed by atoms with Crippen LogP contribution in [0.2, 0.25) is 0 Å². The molecule has 7 heteroatoms. The van der Waals surface area contributed by atoms with E-state index < -0.39 is 12.1 Å². The summed E-state index contributed by atoms with van der Waals surface area (Å²) >= 11 is 0. The number of ether oxygens (including phenoxy) is 1. The van der Waals surface area contributed by atoms with Crippen molar-refractivity contribution in [3.63, 3.8) is 0 Å². The third-order valence-corrected chi connectivity index (χ3v) is 2.89. The van der Waals surface area contributed by atoms with Crippen molar-refractivity contribution in [3.05, 3.63) is 53.5 Å². The Labute approximate surface area is 129 Å². The van der Waals surface area contributed by atoms with Crippen molar-refractivity contribution in [1.29, 1.82) is 0 Å². The lowest BCUT2D eigenvalue weighted by Gasteiger charge is -2.08. The summed E-state index contributed by atoms with van der Waals surface area (Å²) in [7, 11) is 0. The molecule has 1 aromatic carbocycles. The monoisotopic (exact) mass is 326 g/mol. The zero-order chi connectivity index (χ0) is 17.0. The molecule has 2 aromatic rings. The van der Waals surface area contributed by atoms with Crippen molar-refractivity contribution in [1.82, 2.24) is 0 Å². The van der Waals surface area contributed by atoms with Crippen molar-refractivity contribution in [2.24, 2.45) is 0 Å². The molecule has 0 saturated heterocycles. The van der Waals surface area contributed by atoms with Crippen LogP contribution in [-0.4, -0.2) is 17.9 Å². The predicted molar refractivity (Wildman–Crippen MR) is 74.3 cm³/mol. The molecule has 0 atom stereocenters. The Hall–Kier alpha value is -2.57. The minimum Gasteiger partial charge on any atom is -0.465 e. The third-order valence-electron chi connectivity index (χ3n) is 2.89. The van der Waals surface area contributed by atoms with Gasteiger partial charge in [0.25, 0.3) is 0 Å². The maximum absolute atomic E-state index is 12.1. The molecule has 0 bridgehead atoms. The van der Waals surface area contributed by atoms with E-state index in [4.69, 9.17) is 4.42 Å². The lowest BCUT2D eigenvalue weighted by molar-refractivity contribution is -0.274. The zero-order valence-corrected chi connectivity index (χ0v) is 12.1. The van der Waals surface area contributed by atoms with Gasteiger partial charge in [0.15, 0.2) is 5.78 Å². The fraction of sp³-hybridized carbons (Fsp3) is 0.250. The Morgan fingerprint density at radius 3 is 2.09 bits per heavy atom. The number of furan rings is 1. The number of ketones is 2. The van der Waals surface area contributed by atoms with Crippen molar-refractivity contribution in [2.75, 3.05) is 0 Å². The van der Waals surface area contributed by atoms with Crippen LogP contribution in [0.4, 0.5) is 13.2 Å². The Balaban J connectivity index is 2.00. The van der Waals surface area contributed by atoms with Gasteiger partial charge in [-0.1, -0.05) is 0 Å². The average molecular weight is 326 g/mol. The SMILES string of the molecule is CC(=O)Cc1ccc(CC(=O)c2ccc(OC(F)(F)F)cc2)o1. The number of rotatable bonds is 6. The molecule has 1 aromatic heterocycles. The van der Waals surface area contributed by atoms with E-state index in [2.05, 4.69) is 4.74 Å². The number of carbonyl (C=O) groups is 2. The van der Waals surface area contributed by atoms with Gasteiger partial charge in [0.1, 0.15) is 23.1 Å². The first-order chi connectivity index (χ1) is 10.7. The lowest BCUT2D eigenvalue weighted by Crippen LogP contribution is -2.17. The van der Waals surface area contributed by atoms with Crippen LogP contribution in [0.25, 0.3) is 0 Å². The maximum Gasteiger partial charge on any atom is 0.573 e. The van der Waals surface area contributed by atoms with Gasteiger partial charge in [-0.25, -0.2) is 0 Å². The molecule has 2 rings (SSSR count). The summed E-state index contributed by atoms with van der Waals surface area (Å²) in [5.74, 6) is 0.0941. The largest absolute Gasteiger partial charge is 0.573 e. The highest BCUT2D eigenvalue weighted by molar-refractivity contribution is 5.97. The molecule has 0 fully saturated rings. The van der Waals surface area contributed by atoms with Gasteiger partial charge in [0, 0.05) is 5.56 Å². The summed E-state index contributed by atoms with van der Waals surface area (Å²) in [4.78, 5) is 23.0. The second-order valence-electron chi connectivity index (χ2n) is 4.92. The highest BCUT2D eigenvalue weighted by Crippen LogP contribution is 2.23. The Bertz CT molecular complexity index is 699. The molecular weight excluding hydrogens is 313 g/mol. The molecule has 0 spiro atoms. The molecule has 23 heavy (non-hydrogen) atoms. The maximum atomic E-state index is 12.1. The van der Waals surface area contributed by atoms with Crippen molar-refractivity contribution >= 4 is 11.6 Å². The molecule has 0 radical (unpaired) electrons. The van der Waals surface area contributed by atoms with Crippen LogP contribution in [0, 0.1) is 0 Å². The number of hydrogen-bond acceptors (Lipinski definition) is 4. The molecule has 1 heterocycles. The molecule has 0 aliphatic rings. The van der Waals surface area contributed by atoms with Crippen LogP contribution in [0.5, 0.6) is 5.75 Å². The third kappa shape index (κ3) is 5.28. The molecule has 4 nitrogen and oxygen atoms in total. The van der Waals surface area contributed by atoms with E-state index in [1.165, 1.54) is 19.1 Å². The molecule has 0 unspecified atom stereocenters. The molecule has 0 aliphatic heterocycles. The van der Waals surface area contributed by atoms with E-state index in [-0.39, 0.29) is 30.0 Å². The minimum atomic E-state index is -4.77. The first-order valence-corrected chi connectivity index (χ1v) is 6.69. The summed E-state index contributed by atoms with van der Waals surface area (Å²) in [5, 5.41) is 0. The topological polar surface area (TPSA) is 56.5 Å². The molecule has 0 amide bonds. The quantitative estimate of drug-likeness (QED) is 0.759. The van der Waals surface area contributed by atoms with Gasteiger partial charge in [-0.3, -0.25) is 9.59 Å². The van der Waals surface area contributed by atoms with Gasteiger partial charge in [-0.05, 0) is 43.3 Å². The van der Waals surface area contributed by atoms with Crippen LogP contribution in [0.15, 0.2) is 40.8 Å². The molecule has 0 saturated carbocycles. The van der Waals surface area contributed by atoms with Crippen LogP contribution in [0.1, 0.15) is 28.8 Å². The molecule has 0 N–H and O–H groups in total. The summed E-state index contributed by atoms with van der Waals surface area (Å²) in [5.41, 5.74) is 0.240. The van der Waals surface area contributed by atoms with Gasteiger partial charge >= 0.3 is 6.36 Å². The Kier molecular flexibility index (Phi) is 4.88. The lowest BCUT2D eigenvalue weighted by atomic mass is 10.1. The number of carbonyl (C=O) groups excluding carboxylic acids is 2. The number of hydrogen-bond donors (Lipinski definition) is 0. The van der Waals surface area contributed by atoms with E-state index in [0.717, 1.165) is 12.1 Å². The van der Waals surface area contributed by atoms with Crippen molar-refractivity contribution in [3.8, 4) is 5.75 Å². The van der Waals surface area contributed by atoms with E-state index >= 15 is 0 Å². The molecule has 122 valence electrons. The van der Waals surface area contributed by atoms with Crippen LogP contribution in [0.3, 0.4) is 0 Å². The van der Waals surface area contributed by atoms with E-state index in [1.54, 1.807) is 12.1 Å². The first-order valence-electron chi connectivity index (χ1n) is 6.69. The second kappa shape index (κ2) is 6.68. The van der Waals surface area contributed by atoms with Gasteiger partial charge in [-0.2, -0.15) is 0 Å². The summed E-state index contributed by atoms with van der Waals surface area (Å²) in [6, 6.07) is 7.86.